The van der Waals surface area contributed by atoms with Crippen LogP contribution in [-0.2, 0) is 9.84 Å². The normalized spacial score (nSPS) is 28.3. The van der Waals surface area contributed by atoms with Crippen molar-refractivity contribution in [3.63, 3.8) is 0 Å². The molecule has 1 aliphatic rings. The van der Waals surface area contributed by atoms with E-state index >= 15 is 0 Å². The van der Waals surface area contributed by atoms with E-state index in [0.29, 0.717) is 12.3 Å². The zero-order valence-corrected chi connectivity index (χ0v) is 12.6. The average molecular weight is 302 g/mol. The third-order valence-corrected chi connectivity index (χ3v) is 6.82. The van der Waals surface area contributed by atoms with Crippen molar-refractivity contribution in [2.75, 3.05) is 0 Å². The monoisotopic (exact) mass is 301 g/mol. The maximum absolute atomic E-state index is 12.7. The molecule has 0 heterocycles. The molecule has 0 spiro atoms. The highest BCUT2D eigenvalue weighted by Gasteiger charge is 2.38. The number of benzene rings is 1. The first kappa shape index (κ1) is 14.8. The summed E-state index contributed by atoms with van der Waals surface area (Å²) >= 11 is 6.03. The lowest BCUT2D eigenvalue weighted by Gasteiger charge is -2.33. The molecule has 3 unspecified atom stereocenters. The number of hydrogen-bond acceptors (Lipinski definition) is 3. The first-order valence-electron chi connectivity index (χ1n) is 6.70. The fraction of sp³-hybridized carbons (Fsp3) is 0.571. The van der Waals surface area contributed by atoms with E-state index in [1.807, 2.05) is 0 Å². The van der Waals surface area contributed by atoms with Gasteiger partial charge in [0.15, 0.2) is 9.84 Å². The third kappa shape index (κ3) is 2.96. The van der Waals surface area contributed by atoms with Crippen LogP contribution in [0.5, 0.6) is 0 Å². The maximum Gasteiger partial charge on any atom is 0.184 e. The van der Waals surface area contributed by atoms with Gasteiger partial charge in [0.2, 0.25) is 0 Å². The van der Waals surface area contributed by atoms with Gasteiger partial charge in [-0.15, -0.1) is 0 Å². The van der Waals surface area contributed by atoms with Crippen LogP contribution in [0.2, 0.25) is 5.02 Å². The molecule has 2 rings (SSSR count). The van der Waals surface area contributed by atoms with Gasteiger partial charge in [-0.25, -0.2) is 8.42 Å². The van der Waals surface area contributed by atoms with Gasteiger partial charge in [-0.1, -0.05) is 37.1 Å². The van der Waals surface area contributed by atoms with E-state index in [1.54, 1.807) is 24.3 Å². The zero-order valence-electron chi connectivity index (χ0n) is 11.0. The Morgan fingerprint density at radius 3 is 2.63 bits per heavy atom. The summed E-state index contributed by atoms with van der Waals surface area (Å²) in [5, 5.41) is -0.223. The van der Waals surface area contributed by atoms with Crippen LogP contribution in [-0.4, -0.2) is 19.7 Å². The van der Waals surface area contributed by atoms with Gasteiger partial charge in [0.1, 0.15) is 0 Å². The second-order valence-electron chi connectivity index (χ2n) is 5.27. The van der Waals surface area contributed by atoms with Crippen molar-refractivity contribution in [2.24, 2.45) is 11.7 Å². The maximum atomic E-state index is 12.7. The number of rotatable bonds is 3. The molecule has 0 amide bonds. The minimum atomic E-state index is -3.44. The van der Waals surface area contributed by atoms with E-state index in [-0.39, 0.29) is 16.0 Å². The van der Waals surface area contributed by atoms with Gasteiger partial charge < -0.3 is 5.73 Å². The molecule has 3 atom stereocenters. The van der Waals surface area contributed by atoms with Crippen LogP contribution in [0.3, 0.4) is 0 Å². The highest BCUT2D eigenvalue weighted by molar-refractivity contribution is 7.92. The van der Waals surface area contributed by atoms with Gasteiger partial charge in [0, 0.05) is 6.04 Å². The van der Waals surface area contributed by atoms with Crippen molar-refractivity contribution in [1.82, 2.24) is 0 Å². The minimum absolute atomic E-state index is 0.217. The molecule has 5 heteroatoms. The Kier molecular flexibility index (Phi) is 4.54. The number of sulfone groups is 1. The second-order valence-corrected chi connectivity index (χ2v) is 7.81. The number of nitrogens with two attached hydrogens (primary N) is 1. The first-order chi connectivity index (χ1) is 8.96. The smallest absolute Gasteiger partial charge is 0.184 e. The van der Waals surface area contributed by atoms with E-state index in [4.69, 9.17) is 17.3 Å². The van der Waals surface area contributed by atoms with Crippen LogP contribution in [0, 0.1) is 5.92 Å². The molecule has 3 nitrogen and oxygen atoms in total. The summed E-state index contributed by atoms with van der Waals surface area (Å²) in [6, 6.07) is 6.32. The van der Waals surface area contributed by atoms with E-state index in [0.717, 1.165) is 19.3 Å². The van der Waals surface area contributed by atoms with Crippen LogP contribution in [0.1, 0.15) is 32.6 Å². The Morgan fingerprint density at radius 2 is 2.00 bits per heavy atom. The molecule has 19 heavy (non-hydrogen) atoms. The summed E-state index contributed by atoms with van der Waals surface area (Å²) in [5.74, 6) is 0.446. The standard InChI is InChI=1S/C14H20ClNO2S/c1-2-10-7-8-12(16)14(9-10)19(17,18)13-6-4-3-5-11(13)15/h3-6,10,12,14H,2,7-9,16H2,1H3. The van der Waals surface area contributed by atoms with Gasteiger partial charge in [-0.05, 0) is 37.3 Å². The van der Waals surface area contributed by atoms with E-state index < -0.39 is 15.1 Å². The second kappa shape index (κ2) is 5.81. The summed E-state index contributed by atoms with van der Waals surface area (Å²) in [4.78, 5) is 0.217. The Bertz CT molecular complexity index is 544. The minimum Gasteiger partial charge on any atom is -0.327 e. The van der Waals surface area contributed by atoms with Crippen molar-refractivity contribution in [1.29, 1.82) is 0 Å². The molecule has 0 aliphatic heterocycles. The lowest BCUT2D eigenvalue weighted by Crippen LogP contribution is -2.45. The largest absolute Gasteiger partial charge is 0.327 e. The summed E-state index contributed by atoms with van der Waals surface area (Å²) in [6.45, 7) is 2.10. The van der Waals surface area contributed by atoms with Gasteiger partial charge in [0.05, 0.1) is 15.2 Å². The molecule has 0 radical (unpaired) electrons. The molecule has 0 aromatic heterocycles. The lowest BCUT2D eigenvalue weighted by atomic mass is 9.84. The summed E-state index contributed by atoms with van der Waals surface area (Å²) in [6.07, 6.45) is 3.44. The Hall–Kier alpha value is -0.580. The SMILES string of the molecule is CCC1CCC(N)C(S(=O)(=O)c2ccccc2Cl)C1. The van der Waals surface area contributed by atoms with Crippen LogP contribution < -0.4 is 5.73 Å². The van der Waals surface area contributed by atoms with Crippen molar-refractivity contribution >= 4 is 21.4 Å². The number of hydrogen-bond donors (Lipinski definition) is 1. The average Bonchev–Trinajstić information content (AvgIpc) is 2.39. The van der Waals surface area contributed by atoms with Crippen molar-refractivity contribution in [2.45, 2.75) is 48.8 Å². The van der Waals surface area contributed by atoms with E-state index in [1.165, 1.54) is 0 Å². The van der Waals surface area contributed by atoms with Crippen molar-refractivity contribution in [3.05, 3.63) is 29.3 Å². The number of halogens is 1. The third-order valence-electron chi connectivity index (χ3n) is 4.07. The molecule has 2 N–H and O–H groups in total. The fourth-order valence-corrected chi connectivity index (χ4v) is 5.32. The van der Waals surface area contributed by atoms with Crippen LogP contribution in [0.4, 0.5) is 0 Å². The van der Waals surface area contributed by atoms with E-state index in [2.05, 4.69) is 6.92 Å². The topological polar surface area (TPSA) is 60.2 Å². The summed E-state index contributed by atoms with van der Waals surface area (Å²) in [7, 11) is -3.44. The lowest BCUT2D eigenvalue weighted by molar-refractivity contribution is 0.319. The van der Waals surface area contributed by atoms with Gasteiger partial charge in [-0.2, -0.15) is 0 Å². The van der Waals surface area contributed by atoms with Crippen molar-refractivity contribution in [3.8, 4) is 0 Å². The van der Waals surface area contributed by atoms with Crippen LogP contribution in [0.15, 0.2) is 29.2 Å². The predicted octanol–water partition coefficient (Wildman–Crippen LogP) is 3.02. The molecule has 1 fully saturated rings. The van der Waals surface area contributed by atoms with Gasteiger partial charge in [-0.3, -0.25) is 0 Å². The molecule has 1 aliphatic carbocycles. The molecule has 1 saturated carbocycles. The molecule has 0 bridgehead atoms. The zero-order chi connectivity index (χ0) is 14.0. The molecule has 0 saturated heterocycles. The molecule has 1 aromatic carbocycles. The highest BCUT2D eigenvalue weighted by Crippen LogP contribution is 2.35. The first-order valence-corrected chi connectivity index (χ1v) is 8.63. The summed E-state index contributed by atoms with van der Waals surface area (Å²) < 4.78 is 25.4. The Labute approximate surface area is 120 Å². The quantitative estimate of drug-likeness (QED) is 0.933. The molecule has 1 aromatic rings. The van der Waals surface area contributed by atoms with E-state index in [9.17, 15) is 8.42 Å². The van der Waals surface area contributed by atoms with Gasteiger partial charge >= 0.3 is 0 Å². The van der Waals surface area contributed by atoms with Crippen LogP contribution >= 0.6 is 11.6 Å². The van der Waals surface area contributed by atoms with Crippen LogP contribution in [0.25, 0.3) is 0 Å². The molecular formula is C14H20ClNO2S. The Morgan fingerprint density at radius 1 is 1.32 bits per heavy atom. The fourth-order valence-electron chi connectivity index (χ4n) is 2.80. The molecular weight excluding hydrogens is 282 g/mol. The van der Waals surface area contributed by atoms with Crippen molar-refractivity contribution < 1.29 is 8.42 Å². The Balaban J connectivity index is 2.36. The van der Waals surface area contributed by atoms with Gasteiger partial charge in [0.25, 0.3) is 0 Å². The predicted molar refractivity (Wildman–Crippen MR) is 78.0 cm³/mol. The highest BCUT2D eigenvalue weighted by atomic mass is 35.5. The summed E-state index contributed by atoms with van der Waals surface area (Å²) in [5.41, 5.74) is 6.05. The molecule has 106 valence electrons.